The number of carbonyl (C=O) groups is 2. The maximum atomic E-state index is 14.8. The molecule has 0 bridgehead atoms. The van der Waals surface area contributed by atoms with Gasteiger partial charge in [0.25, 0.3) is 11.8 Å². The van der Waals surface area contributed by atoms with Crippen molar-refractivity contribution in [2.24, 2.45) is 0 Å². The highest BCUT2D eigenvalue weighted by atomic mass is 19.1. The first-order chi connectivity index (χ1) is 16.8. The summed E-state index contributed by atoms with van der Waals surface area (Å²) in [6, 6.07) is 10.1. The van der Waals surface area contributed by atoms with Crippen LogP contribution in [0.2, 0.25) is 0 Å². The molecule has 2 heterocycles. The number of amidine groups is 1. The number of anilines is 2. The van der Waals surface area contributed by atoms with E-state index in [0.717, 1.165) is 18.2 Å². The second-order valence-corrected chi connectivity index (χ2v) is 7.72. The average molecular weight is 475 g/mol. The Labute approximate surface area is 201 Å². The lowest BCUT2D eigenvalue weighted by Crippen LogP contribution is -2.40. The zero-order chi connectivity index (χ0) is 24.9. The highest BCUT2D eigenvalue weighted by molar-refractivity contribution is 6.32. The molecule has 0 unspecified atom stereocenters. The SMILES string of the molecule is [B]c1ccc(NC(=O)c2cc(F)ccc2NC(=O)c2ccc(C(=N)N3CCOCC3)cc2F)nc1. The standard InChI is InChI=1S/C24H20BF2N5O3/c25-15-2-6-21(29-13-15)31-24(34)18-12-16(26)3-5-20(18)30-23(33)17-4-1-14(11-19(17)27)22(28)32-7-9-35-10-8-32/h1-6,11-13,28H,7-10H2,(H,30,33)(H,29,31,34). The number of amides is 2. The quantitative estimate of drug-likeness (QED) is 0.298. The number of ether oxygens (including phenoxy) is 1. The van der Waals surface area contributed by atoms with Crippen molar-refractivity contribution in [2.75, 3.05) is 36.9 Å². The van der Waals surface area contributed by atoms with Gasteiger partial charge >= 0.3 is 0 Å². The van der Waals surface area contributed by atoms with Crippen LogP contribution in [0.1, 0.15) is 26.3 Å². The fourth-order valence-electron chi connectivity index (χ4n) is 3.48. The molecule has 0 atom stereocenters. The zero-order valence-corrected chi connectivity index (χ0v) is 18.5. The number of rotatable bonds is 5. The molecule has 176 valence electrons. The molecule has 1 aliphatic rings. The first-order valence-electron chi connectivity index (χ1n) is 10.7. The second-order valence-electron chi connectivity index (χ2n) is 7.72. The van der Waals surface area contributed by atoms with Gasteiger partial charge < -0.3 is 20.3 Å². The maximum Gasteiger partial charge on any atom is 0.259 e. The van der Waals surface area contributed by atoms with Crippen molar-refractivity contribution in [1.82, 2.24) is 9.88 Å². The Bertz CT molecular complexity index is 1280. The van der Waals surface area contributed by atoms with Crippen LogP contribution in [0.25, 0.3) is 0 Å². The minimum Gasteiger partial charge on any atom is -0.378 e. The van der Waals surface area contributed by atoms with Crippen LogP contribution >= 0.6 is 0 Å². The zero-order valence-electron chi connectivity index (χ0n) is 18.5. The summed E-state index contributed by atoms with van der Waals surface area (Å²) >= 11 is 0. The number of nitrogens with one attached hydrogen (secondary N) is 3. The molecule has 0 spiro atoms. The summed E-state index contributed by atoms with van der Waals surface area (Å²) in [6.07, 6.45) is 1.34. The van der Waals surface area contributed by atoms with Crippen LogP contribution in [0.15, 0.2) is 54.7 Å². The highest BCUT2D eigenvalue weighted by Crippen LogP contribution is 2.21. The number of hydrogen-bond acceptors (Lipinski definition) is 5. The molecule has 2 radical (unpaired) electrons. The van der Waals surface area contributed by atoms with Gasteiger partial charge in [0, 0.05) is 24.8 Å². The Morgan fingerprint density at radius 3 is 2.40 bits per heavy atom. The van der Waals surface area contributed by atoms with Crippen LogP contribution in [-0.2, 0) is 4.74 Å². The van der Waals surface area contributed by atoms with Gasteiger partial charge in [0.2, 0.25) is 0 Å². The van der Waals surface area contributed by atoms with Crippen LogP contribution in [-0.4, -0.2) is 61.7 Å². The first kappa shape index (κ1) is 24.0. The molecule has 3 aromatic rings. The van der Waals surface area contributed by atoms with Gasteiger partial charge in [-0.2, -0.15) is 0 Å². The summed E-state index contributed by atoms with van der Waals surface area (Å²) in [6.45, 7) is 1.99. The van der Waals surface area contributed by atoms with Crippen molar-refractivity contribution in [3.8, 4) is 0 Å². The number of hydrogen-bond donors (Lipinski definition) is 3. The summed E-state index contributed by atoms with van der Waals surface area (Å²) in [4.78, 5) is 31.2. The fraction of sp³-hybridized carbons (Fsp3) is 0.167. The Morgan fingerprint density at radius 1 is 0.971 bits per heavy atom. The van der Waals surface area contributed by atoms with Gasteiger partial charge in [-0.05, 0) is 36.4 Å². The topological polar surface area (TPSA) is 107 Å². The van der Waals surface area contributed by atoms with E-state index in [-0.39, 0.29) is 28.5 Å². The van der Waals surface area contributed by atoms with E-state index < -0.39 is 23.4 Å². The Hall–Kier alpha value is -4.12. The molecular formula is C24H20BF2N5O3. The fourth-order valence-corrected chi connectivity index (χ4v) is 3.48. The number of pyridine rings is 1. The van der Waals surface area contributed by atoms with Crippen molar-refractivity contribution >= 4 is 42.5 Å². The van der Waals surface area contributed by atoms with Crippen molar-refractivity contribution in [2.45, 2.75) is 0 Å². The summed E-state index contributed by atoms with van der Waals surface area (Å²) < 4.78 is 34.0. The van der Waals surface area contributed by atoms with Crippen LogP contribution in [0.4, 0.5) is 20.3 Å². The van der Waals surface area contributed by atoms with Crippen LogP contribution in [0, 0.1) is 17.0 Å². The van der Waals surface area contributed by atoms with Gasteiger partial charge in [-0.3, -0.25) is 15.0 Å². The van der Waals surface area contributed by atoms with Gasteiger partial charge in [-0.25, -0.2) is 13.8 Å². The molecule has 0 aliphatic carbocycles. The predicted molar refractivity (Wildman–Crippen MR) is 128 cm³/mol. The molecule has 11 heteroatoms. The largest absolute Gasteiger partial charge is 0.378 e. The minimum absolute atomic E-state index is 0.0196. The van der Waals surface area contributed by atoms with Gasteiger partial charge in [0.15, 0.2) is 0 Å². The summed E-state index contributed by atoms with van der Waals surface area (Å²) in [5.41, 5.74) is 0.227. The molecule has 1 aliphatic heterocycles. The van der Waals surface area contributed by atoms with E-state index in [1.807, 2.05) is 0 Å². The molecule has 3 N–H and O–H groups in total. The molecule has 0 saturated carbocycles. The molecule has 35 heavy (non-hydrogen) atoms. The molecule has 1 saturated heterocycles. The van der Waals surface area contributed by atoms with E-state index >= 15 is 0 Å². The number of nitrogens with zero attached hydrogens (tertiary/aromatic N) is 2. The molecule has 1 aromatic heterocycles. The third kappa shape index (κ3) is 5.69. The lowest BCUT2D eigenvalue weighted by atomic mass is 9.99. The van der Waals surface area contributed by atoms with E-state index in [2.05, 4.69) is 15.6 Å². The van der Waals surface area contributed by atoms with Crippen LogP contribution < -0.4 is 16.1 Å². The van der Waals surface area contributed by atoms with Gasteiger partial charge in [0.05, 0.1) is 30.0 Å². The lowest BCUT2D eigenvalue weighted by molar-refractivity contribution is 0.0680. The van der Waals surface area contributed by atoms with E-state index in [0.29, 0.717) is 37.3 Å². The van der Waals surface area contributed by atoms with Crippen molar-refractivity contribution in [3.63, 3.8) is 0 Å². The van der Waals surface area contributed by atoms with Gasteiger partial charge in [-0.1, -0.05) is 17.6 Å². The molecule has 1 fully saturated rings. The average Bonchev–Trinajstić information content (AvgIpc) is 2.86. The molecule has 2 aromatic carbocycles. The highest BCUT2D eigenvalue weighted by Gasteiger charge is 2.21. The summed E-state index contributed by atoms with van der Waals surface area (Å²) in [5, 5.41) is 13.2. The third-order valence-electron chi connectivity index (χ3n) is 5.32. The minimum atomic E-state index is -0.836. The summed E-state index contributed by atoms with van der Waals surface area (Å²) in [7, 11) is 5.58. The number of morpholine rings is 1. The van der Waals surface area contributed by atoms with E-state index in [1.165, 1.54) is 36.5 Å². The van der Waals surface area contributed by atoms with Crippen LogP contribution in [0.5, 0.6) is 0 Å². The smallest absolute Gasteiger partial charge is 0.259 e. The number of carbonyl (C=O) groups excluding carboxylic acids is 2. The van der Waals surface area contributed by atoms with Crippen molar-refractivity contribution < 1.29 is 23.1 Å². The number of aromatic nitrogens is 1. The molecule has 8 nitrogen and oxygen atoms in total. The monoisotopic (exact) mass is 475 g/mol. The Balaban J connectivity index is 1.52. The first-order valence-corrected chi connectivity index (χ1v) is 10.7. The van der Waals surface area contributed by atoms with Gasteiger partial charge in [0.1, 0.15) is 31.1 Å². The van der Waals surface area contributed by atoms with E-state index in [9.17, 15) is 18.4 Å². The van der Waals surface area contributed by atoms with E-state index in [1.54, 1.807) is 4.90 Å². The van der Waals surface area contributed by atoms with E-state index in [4.69, 9.17) is 18.0 Å². The number of halogens is 2. The van der Waals surface area contributed by atoms with Crippen molar-refractivity contribution in [1.29, 1.82) is 5.41 Å². The lowest BCUT2D eigenvalue weighted by Gasteiger charge is -2.29. The third-order valence-corrected chi connectivity index (χ3v) is 5.32. The maximum absolute atomic E-state index is 14.8. The second kappa shape index (κ2) is 10.4. The normalized spacial score (nSPS) is 13.3. The van der Waals surface area contributed by atoms with Gasteiger partial charge in [-0.15, -0.1) is 0 Å². The van der Waals surface area contributed by atoms with Crippen LogP contribution in [0.3, 0.4) is 0 Å². The number of benzene rings is 2. The molecule has 4 rings (SSSR count). The Morgan fingerprint density at radius 2 is 1.71 bits per heavy atom. The van der Waals surface area contributed by atoms with Crippen molar-refractivity contribution in [3.05, 3.63) is 83.1 Å². The summed E-state index contributed by atoms with van der Waals surface area (Å²) in [5.74, 6) is -2.79. The molecule has 2 amide bonds. The molecular weight excluding hydrogens is 455 g/mol. The predicted octanol–water partition coefficient (Wildman–Crippen LogP) is 2.32. The Kier molecular flexibility index (Phi) is 7.16.